The van der Waals surface area contributed by atoms with Crippen LogP contribution in [0.15, 0.2) is 0 Å². The number of amides is 1. The Labute approximate surface area is 75.3 Å². The van der Waals surface area contributed by atoms with Gasteiger partial charge in [0.1, 0.15) is 6.10 Å². The maximum atomic E-state index is 11.8. The van der Waals surface area contributed by atoms with Crippen molar-refractivity contribution in [3.8, 4) is 0 Å². The number of hydrogen-bond acceptors (Lipinski definition) is 3. The van der Waals surface area contributed by atoms with Crippen LogP contribution in [0.25, 0.3) is 0 Å². The summed E-state index contributed by atoms with van der Waals surface area (Å²) >= 11 is 0. The van der Waals surface area contributed by atoms with E-state index in [1.165, 1.54) is 14.0 Å². The fourth-order valence-corrected chi connectivity index (χ4v) is 0.696. The number of aliphatic hydroxyl groups excluding tert-OH is 1. The fraction of sp³-hybridized carbons (Fsp3) is 0.857. The van der Waals surface area contributed by atoms with Crippen LogP contribution in [0, 0.1) is 0 Å². The Hall–Kier alpha value is -0.750. The molecule has 0 aliphatic rings. The van der Waals surface area contributed by atoms with Crippen LogP contribution >= 0.6 is 0 Å². The molecule has 0 fully saturated rings. The first-order valence-corrected chi connectivity index (χ1v) is 3.90. The number of hydrogen-bond donors (Lipinski definition) is 3. The largest absolute Gasteiger partial charge is 0.386 e. The van der Waals surface area contributed by atoms with Crippen LogP contribution < -0.4 is 10.6 Å². The van der Waals surface area contributed by atoms with Gasteiger partial charge in [0.25, 0.3) is 6.43 Å². The minimum Gasteiger partial charge on any atom is -0.386 e. The smallest absolute Gasteiger partial charge is 0.265 e. The summed E-state index contributed by atoms with van der Waals surface area (Å²) in [5, 5.41) is 13.5. The monoisotopic (exact) mass is 196 g/mol. The molecule has 0 bridgehead atoms. The lowest BCUT2D eigenvalue weighted by Gasteiger charge is -2.15. The Bertz CT molecular complexity index is 167. The number of aliphatic hydroxyl groups is 1. The lowest BCUT2D eigenvalue weighted by atomic mass is 10.3. The van der Waals surface area contributed by atoms with Crippen LogP contribution in [0.4, 0.5) is 8.78 Å². The Morgan fingerprint density at radius 1 is 1.54 bits per heavy atom. The summed E-state index contributed by atoms with van der Waals surface area (Å²) in [6.45, 7) is 1.23. The van der Waals surface area contributed by atoms with Gasteiger partial charge in [-0.1, -0.05) is 0 Å². The number of alkyl halides is 2. The molecule has 78 valence electrons. The van der Waals surface area contributed by atoms with E-state index in [9.17, 15) is 13.6 Å². The SMILES string of the molecule is CNC(=O)C(C)NCC(O)C(F)F. The van der Waals surface area contributed by atoms with Gasteiger partial charge in [0.15, 0.2) is 0 Å². The van der Waals surface area contributed by atoms with Crippen molar-refractivity contribution in [3.63, 3.8) is 0 Å². The lowest BCUT2D eigenvalue weighted by molar-refractivity contribution is -0.122. The van der Waals surface area contributed by atoms with E-state index in [1.807, 2.05) is 0 Å². The first kappa shape index (κ1) is 12.2. The van der Waals surface area contributed by atoms with Gasteiger partial charge in [-0.2, -0.15) is 0 Å². The van der Waals surface area contributed by atoms with E-state index in [0.717, 1.165) is 0 Å². The fourth-order valence-electron chi connectivity index (χ4n) is 0.696. The number of likely N-dealkylation sites (N-methyl/N-ethyl adjacent to an activating group) is 1. The van der Waals surface area contributed by atoms with E-state index in [4.69, 9.17) is 5.11 Å². The maximum absolute atomic E-state index is 11.8. The molecule has 0 aliphatic heterocycles. The van der Waals surface area contributed by atoms with E-state index >= 15 is 0 Å². The molecule has 3 N–H and O–H groups in total. The second kappa shape index (κ2) is 5.82. The number of halogens is 2. The molecule has 0 saturated carbocycles. The standard InChI is InChI=1S/C7H14F2N2O2/c1-4(7(13)10-2)11-3-5(12)6(8)9/h4-6,11-12H,3H2,1-2H3,(H,10,13). The van der Waals surface area contributed by atoms with Crippen molar-refractivity contribution in [2.45, 2.75) is 25.5 Å². The zero-order chi connectivity index (χ0) is 10.4. The summed E-state index contributed by atoms with van der Waals surface area (Å²) < 4.78 is 23.5. The van der Waals surface area contributed by atoms with Crippen LogP contribution in [0.5, 0.6) is 0 Å². The highest BCUT2D eigenvalue weighted by atomic mass is 19.3. The molecule has 13 heavy (non-hydrogen) atoms. The molecule has 0 saturated heterocycles. The Balaban J connectivity index is 3.69. The van der Waals surface area contributed by atoms with Crippen molar-refractivity contribution in [1.29, 1.82) is 0 Å². The average molecular weight is 196 g/mol. The molecule has 4 nitrogen and oxygen atoms in total. The molecule has 0 aromatic rings. The van der Waals surface area contributed by atoms with E-state index < -0.39 is 18.6 Å². The molecule has 0 rings (SSSR count). The zero-order valence-corrected chi connectivity index (χ0v) is 7.55. The quantitative estimate of drug-likeness (QED) is 0.547. The molecule has 0 radical (unpaired) electrons. The van der Waals surface area contributed by atoms with Crippen LogP contribution in [-0.4, -0.2) is 43.2 Å². The predicted octanol–water partition coefficient (Wildman–Crippen LogP) is -0.663. The van der Waals surface area contributed by atoms with E-state index in [-0.39, 0.29) is 12.5 Å². The maximum Gasteiger partial charge on any atom is 0.265 e. The summed E-state index contributed by atoms with van der Waals surface area (Å²) in [6, 6.07) is -0.585. The molecule has 0 aromatic heterocycles. The van der Waals surface area contributed by atoms with Crippen LogP contribution in [-0.2, 0) is 4.79 Å². The molecule has 0 spiro atoms. The number of carbonyl (C=O) groups is 1. The second-order valence-electron chi connectivity index (χ2n) is 2.65. The Morgan fingerprint density at radius 3 is 2.46 bits per heavy atom. The number of rotatable bonds is 5. The van der Waals surface area contributed by atoms with Crippen molar-refractivity contribution < 1.29 is 18.7 Å². The van der Waals surface area contributed by atoms with Gasteiger partial charge in [0.2, 0.25) is 5.91 Å². The second-order valence-corrected chi connectivity index (χ2v) is 2.65. The summed E-state index contributed by atoms with van der Waals surface area (Å²) in [4.78, 5) is 10.9. The van der Waals surface area contributed by atoms with E-state index in [0.29, 0.717) is 0 Å². The van der Waals surface area contributed by atoms with E-state index in [2.05, 4.69) is 10.6 Å². The zero-order valence-electron chi connectivity index (χ0n) is 7.55. The number of carbonyl (C=O) groups excluding carboxylic acids is 1. The average Bonchev–Trinajstić information content (AvgIpc) is 2.11. The first-order chi connectivity index (χ1) is 5.99. The van der Waals surface area contributed by atoms with Crippen molar-refractivity contribution in [2.24, 2.45) is 0 Å². The highest BCUT2D eigenvalue weighted by Crippen LogP contribution is 1.98. The highest BCUT2D eigenvalue weighted by molar-refractivity contribution is 5.80. The van der Waals surface area contributed by atoms with E-state index in [1.54, 1.807) is 0 Å². The molecule has 0 heterocycles. The summed E-state index contributed by atoms with van der Waals surface area (Å²) in [5.41, 5.74) is 0. The van der Waals surface area contributed by atoms with Crippen molar-refractivity contribution in [2.75, 3.05) is 13.6 Å². The Kier molecular flexibility index (Phi) is 5.48. The first-order valence-electron chi connectivity index (χ1n) is 3.90. The predicted molar refractivity (Wildman–Crippen MR) is 43.5 cm³/mol. The third-order valence-corrected chi connectivity index (χ3v) is 1.56. The molecular formula is C7H14F2N2O2. The summed E-state index contributed by atoms with van der Waals surface area (Å²) in [7, 11) is 1.45. The molecule has 0 aromatic carbocycles. The Morgan fingerprint density at radius 2 is 2.08 bits per heavy atom. The van der Waals surface area contributed by atoms with Gasteiger partial charge in [0, 0.05) is 13.6 Å². The molecule has 2 unspecified atom stereocenters. The van der Waals surface area contributed by atoms with Gasteiger partial charge in [-0.15, -0.1) is 0 Å². The van der Waals surface area contributed by atoms with Crippen molar-refractivity contribution in [1.82, 2.24) is 10.6 Å². The highest BCUT2D eigenvalue weighted by Gasteiger charge is 2.18. The molecule has 1 amide bonds. The van der Waals surface area contributed by atoms with Crippen LogP contribution in [0.2, 0.25) is 0 Å². The minimum absolute atomic E-state index is 0.299. The van der Waals surface area contributed by atoms with Gasteiger partial charge < -0.3 is 15.7 Å². The molecule has 6 heteroatoms. The van der Waals surface area contributed by atoms with Crippen LogP contribution in [0.3, 0.4) is 0 Å². The summed E-state index contributed by atoms with van der Waals surface area (Å²) in [6.07, 6.45) is -4.52. The third kappa shape index (κ3) is 4.74. The number of nitrogens with one attached hydrogen (secondary N) is 2. The third-order valence-electron chi connectivity index (χ3n) is 1.56. The molecular weight excluding hydrogens is 182 g/mol. The topological polar surface area (TPSA) is 61.4 Å². The van der Waals surface area contributed by atoms with Crippen molar-refractivity contribution >= 4 is 5.91 Å². The lowest BCUT2D eigenvalue weighted by Crippen LogP contribution is -2.44. The van der Waals surface area contributed by atoms with Gasteiger partial charge in [-0.05, 0) is 6.92 Å². The van der Waals surface area contributed by atoms with Crippen LogP contribution in [0.1, 0.15) is 6.92 Å². The normalized spacial score (nSPS) is 15.5. The summed E-state index contributed by atoms with van der Waals surface area (Å²) in [5.74, 6) is -0.304. The minimum atomic E-state index is -2.79. The molecule has 2 atom stereocenters. The van der Waals surface area contributed by atoms with Gasteiger partial charge >= 0.3 is 0 Å². The van der Waals surface area contributed by atoms with Gasteiger partial charge in [-0.3, -0.25) is 4.79 Å². The molecule has 0 aliphatic carbocycles. The van der Waals surface area contributed by atoms with Gasteiger partial charge in [-0.25, -0.2) is 8.78 Å². The van der Waals surface area contributed by atoms with Crippen molar-refractivity contribution in [3.05, 3.63) is 0 Å². The van der Waals surface area contributed by atoms with Gasteiger partial charge in [0.05, 0.1) is 6.04 Å².